The predicted molar refractivity (Wildman–Crippen MR) is 110 cm³/mol. The molecule has 0 spiro atoms. The van der Waals surface area contributed by atoms with Gasteiger partial charge in [0, 0.05) is 28.2 Å². The van der Waals surface area contributed by atoms with Crippen LogP contribution in [0.25, 0.3) is 0 Å². The van der Waals surface area contributed by atoms with Crippen molar-refractivity contribution in [2.75, 3.05) is 6.61 Å². The summed E-state index contributed by atoms with van der Waals surface area (Å²) >= 11 is 18.6. The van der Waals surface area contributed by atoms with Crippen molar-refractivity contribution in [1.82, 2.24) is 5.32 Å². The van der Waals surface area contributed by atoms with Crippen molar-refractivity contribution >= 4 is 34.8 Å². The molecule has 2 aromatic carbocycles. The van der Waals surface area contributed by atoms with Crippen molar-refractivity contribution < 1.29 is 9.47 Å². The molecule has 1 atom stereocenters. The van der Waals surface area contributed by atoms with Crippen LogP contribution in [-0.2, 0) is 13.2 Å². The van der Waals surface area contributed by atoms with Gasteiger partial charge in [-0.25, -0.2) is 0 Å². The number of ether oxygens (including phenoxy) is 2. The lowest BCUT2D eigenvalue weighted by Crippen LogP contribution is -2.24. The van der Waals surface area contributed by atoms with Gasteiger partial charge in [0.1, 0.15) is 6.61 Å². The maximum absolute atomic E-state index is 6.46. The Bertz CT molecular complexity index is 737. The first kappa shape index (κ1) is 21.2. The summed E-state index contributed by atoms with van der Waals surface area (Å²) in [4.78, 5) is 0. The molecule has 0 heterocycles. The van der Waals surface area contributed by atoms with Crippen LogP contribution in [0.5, 0.6) is 11.5 Å². The molecule has 0 aliphatic heterocycles. The fraction of sp³-hybridized carbons (Fsp3) is 0.400. The molecule has 0 aromatic heterocycles. The van der Waals surface area contributed by atoms with E-state index in [2.05, 4.69) is 19.2 Å². The van der Waals surface area contributed by atoms with Gasteiger partial charge in [-0.2, -0.15) is 0 Å². The van der Waals surface area contributed by atoms with Crippen molar-refractivity contribution in [3.05, 3.63) is 56.5 Å². The topological polar surface area (TPSA) is 30.5 Å². The largest absolute Gasteiger partial charge is 0.490 e. The van der Waals surface area contributed by atoms with Crippen LogP contribution in [0, 0.1) is 0 Å². The van der Waals surface area contributed by atoms with E-state index in [4.69, 9.17) is 44.3 Å². The number of benzene rings is 2. The van der Waals surface area contributed by atoms with E-state index in [9.17, 15) is 0 Å². The highest BCUT2D eigenvalue weighted by Gasteiger charge is 2.14. The summed E-state index contributed by atoms with van der Waals surface area (Å²) in [6, 6.07) is 9.61. The lowest BCUT2D eigenvalue weighted by Gasteiger charge is -2.17. The predicted octanol–water partition coefficient (Wildman–Crippen LogP) is 6.51. The third-order valence-corrected chi connectivity index (χ3v) is 4.89. The lowest BCUT2D eigenvalue weighted by atomic mass is 10.1. The molecule has 0 unspecified atom stereocenters. The van der Waals surface area contributed by atoms with E-state index in [1.165, 1.54) is 0 Å². The molecule has 0 saturated heterocycles. The monoisotopic (exact) mass is 415 g/mol. The second-order valence-corrected chi connectivity index (χ2v) is 7.30. The second kappa shape index (κ2) is 10.3. The van der Waals surface area contributed by atoms with E-state index in [1.807, 2.05) is 25.1 Å². The van der Waals surface area contributed by atoms with Gasteiger partial charge in [0.15, 0.2) is 11.5 Å². The Balaban J connectivity index is 2.18. The zero-order chi connectivity index (χ0) is 19.1. The summed E-state index contributed by atoms with van der Waals surface area (Å²) in [5, 5.41) is 5.11. The number of nitrogens with one attached hydrogen (secondary N) is 1. The van der Waals surface area contributed by atoms with Gasteiger partial charge in [-0.1, -0.05) is 47.8 Å². The maximum Gasteiger partial charge on any atom is 0.180 e. The fourth-order valence-electron chi connectivity index (χ4n) is 2.35. The third kappa shape index (κ3) is 5.95. The normalized spacial score (nSPS) is 12.1. The Morgan fingerprint density at radius 2 is 1.77 bits per heavy atom. The summed E-state index contributed by atoms with van der Waals surface area (Å²) in [6.45, 7) is 7.75. The molecule has 0 aliphatic rings. The molecule has 3 nitrogen and oxygen atoms in total. The van der Waals surface area contributed by atoms with E-state index in [0.717, 1.165) is 24.1 Å². The van der Waals surface area contributed by atoms with Crippen LogP contribution >= 0.6 is 34.8 Å². The molecule has 26 heavy (non-hydrogen) atoms. The number of halogens is 3. The van der Waals surface area contributed by atoms with Gasteiger partial charge in [0.2, 0.25) is 0 Å². The van der Waals surface area contributed by atoms with E-state index in [1.54, 1.807) is 12.1 Å². The van der Waals surface area contributed by atoms with Gasteiger partial charge in [-0.3, -0.25) is 0 Å². The molecule has 6 heteroatoms. The number of hydrogen-bond acceptors (Lipinski definition) is 3. The van der Waals surface area contributed by atoms with Gasteiger partial charge < -0.3 is 14.8 Å². The molecule has 0 fully saturated rings. The smallest absolute Gasteiger partial charge is 0.180 e. The first-order chi connectivity index (χ1) is 12.4. The van der Waals surface area contributed by atoms with Crippen molar-refractivity contribution in [3.63, 3.8) is 0 Å². The molecule has 142 valence electrons. The molecule has 0 aliphatic carbocycles. The number of hydrogen-bond donors (Lipinski definition) is 1. The molecule has 0 amide bonds. The molecular formula is C20H24Cl3NO2. The van der Waals surface area contributed by atoms with Gasteiger partial charge in [0.25, 0.3) is 0 Å². The van der Waals surface area contributed by atoms with Crippen LogP contribution in [0.4, 0.5) is 0 Å². The Kier molecular flexibility index (Phi) is 8.36. The van der Waals surface area contributed by atoms with Crippen molar-refractivity contribution in [1.29, 1.82) is 0 Å². The Morgan fingerprint density at radius 1 is 1.00 bits per heavy atom. The van der Waals surface area contributed by atoms with Crippen molar-refractivity contribution in [2.45, 2.75) is 46.4 Å². The van der Waals surface area contributed by atoms with E-state index in [-0.39, 0.29) is 6.61 Å². The van der Waals surface area contributed by atoms with Gasteiger partial charge in [-0.15, -0.1) is 0 Å². The molecule has 2 rings (SSSR count). The summed E-state index contributed by atoms with van der Waals surface area (Å²) in [5.74, 6) is 1.15. The van der Waals surface area contributed by atoms with E-state index >= 15 is 0 Å². The highest BCUT2D eigenvalue weighted by atomic mass is 35.5. The van der Waals surface area contributed by atoms with Crippen LogP contribution in [0.1, 0.15) is 38.3 Å². The van der Waals surface area contributed by atoms with Crippen LogP contribution in [0.15, 0.2) is 30.3 Å². The van der Waals surface area contributed by atoms with Crippen molar-refractivity contribution in [3.8, 4) is 11.5 Å². The SMILES string of the molecule is CCOc1cc(CN[C@H](C)CC)cc(Cl)c1OCc1ccc(Cl)cc1Cl. The first-order valence-corrected chi connectivity index (χ1v) is 9.83. The average molecular weight is 417 g/mol. The number of rotatable bonds is 9. The van der Waals surface area contributed by atoms with E-state index < -0.39 is 0 Å². The molecular weight excluding hydrogens is 393 g/mol. The maximum atomic E-state index is 6.46. The first-order valence-electron chi connectivity index (χ1n) is 8.69. The Hall–Kier alpha value is -1.13. The van der Waals surface area contributed by atoms with Crippen LogP contribution < -0.4 is 14.8 Å². The highest BCUT2D eigenvalue weighted by Crippen LogP contribution is 2.37. The standard InChI is InChI=1S/C20H24Cl3NO2/c1-4-13(3)24-11-14-8-18(23)20(19(9-14)25-5-2)26-12-15-6-7-16(21)10-17(15)22/h6-10,13,24H,4-5,11-12H2,1-3H3/t13-/m1/s1. The van der Waals surface area contributed by atoms with Gasteiger partial charge >= 0.3 is 0 Å². The Labute approximate surface area is 170 Å². The highest BCUT2D eigenvalue weighted by molar-refractivity contribution is 6.35. The third-order valence-electron chi connectivity index (χ3n) is 4.02. The van der Waals surface area contributed by atoms with Crippen LogP contribution in [0.3, 0.4) is 0 Å². The zero-order valence-electron chi connectivity index (χ0n) is 15.2. The van der Waals surface area contributed by atoms with Crippen LogP contribution in [-0.4, -0.2) is 12.6 Å². The van der Waals surface area contributed by atoms with Crippen molar-refractivity contribution in [2.24, 2.45) is 0 Å². The molecule has 0 saturated carbocycles. The minimum atomic E-state index is 0.278. The molecule has 0 radical (unpaired) electrons. The quantitative estimate of drug-likeness (QED) is 0.505. The lowest BCUT2D eigenvalue weighted by molar-refractivity contribution is 0.269. The van der Waals surface area contributed by atoms with Crippen LogP contribution in [0.2, 0.25) is 15.1 Å². The molecule has 2 aromatic rings. The minimum absolute atomic E-state index is 0.278. The minimum Gasteiger partial charge on any atom is -0.490 e. The zero-order valence-corrected chi connectivity index (χ0v) is 17.5. The summed E-state index contributed by atoms with van der Waals surface area (Å²) < 4.78 is 11.7. The summed E-state index contributed by atoms with van der Waals surface area (Å²) in [6.07, 6.45) is 1.06. The fourth-order valence-corrected chi connectivity index (χ4v) is 3.10. The molecule has 0 bridgehead atoms. The Morgan fingerprint density at radius 3 is 2.42 bits per heavy atom. The van der Waals surface area contributed by atoms with Gasteiger partial charge in [0.05, 0.1) is 11.6 Å². The van der Waals surface area contributed by atoms with Gasteiger partial charge in [-0.05, 0) is 50.1 Å². The summed E-state index contributed by atoms with van der Waals surface area (Å²) in [5.41, 5.74) is 1.88. The summed E-state index contributed by atoms with van der Waals surface area (Å²) in [7, 11) is 0. The van der Waals surface area contributed by atoms with E-state index in [0.29, 0.717) is 39.2 Å². The molecule has 1 N–H and O–H groups in total. The average Bonchev–Trinajstić information content (AvgIpc) is 2.60. The second-order valence-electron chi connectivity index (χ2n) is 6.05.